The van der Waals surface area contributed by atoms with Gasteiger partial charge in [0.1, 0.15) is 0 Å². The van der Waals surface area contributed by atoms with Gasteiger partial charge in [-0.2, -0.15) is 0 Å². The van der Waals surface area contributed by atoms with E-state index in [4.69, 9.17) is 0 Å². The molecule has 0 amide bonds. The fourth-order valence-electron chi connectivity index (χ4n) is 4.72. The van der Waals surface area contributed by atoms with Crippen molar-refractivity contribution in [3.8, 4) is 0 Å². The van der Waals surface area contributed by atoms with Crippen LogP contribution in [0.15, 0.2) is 48.7 Å². The molecule has 0 atom stereocenters. The molecule has 36 heavy (non-hydrogen) atoms. The summed E-state index contributed by atoms with van der Waals surface area (Å²) in [6.45, 7) is 10.1. The molecule has 0 aliphatic carbocycles. The lowest BCUT2D eigenvalue weighted by atomic mass is 10.0. The molecule has 0 aliphatic rings. The van der Waals surface area contributed by atoms with Gasteiger partial charge in [0.15, 0.2) is 0 Å². The van der Waals surface area contributed by atoms with E-state index in [2.05, 4.69) is 37.8 Å². The second kappa shape index (κ2) is 14.0. The van der Waals surface area contributed by atoms with E-state index in [1.807, 2.05) is 22.6 Å². The van der Waals surface area contributed by atoms with Crippen molar-refractivity contribution in [2.75, 3.05) is 19.6 Å². The molecular weight excluding hydrogens is 448 g/mol. The summed E-state index contributed by atoms with van der Waals surface area (Å²) in [6, 6.07) is 13.2. The number of hydrogen-bond acceptors (Lipinski definition) is 3. The van der Waals surface area contributed by atoms with Crippen molar-refractivity contribution >= 4 is 17.3 Å². The minimum atomic E-state index is -0.956. The SMILES string of the molecule is CCCCc1cc(C(=O)c2ccc(CCCN(CCCC)CCCC)cc2)n2ccc(C(=O)O)cc12. The van der Waals surface area contributed by atoms with Gasteiger partial charge in [0.05, 0.1) is 11.3 Å². The van der Waals surface area contributed by atoms with Crippen LogP contribution in [0.4, 0.5) is 0 Å². The summed E-state index contributed by atoms with van der Waals surface area (Å²) in [5, 5.41) is 9.42. The number of hydrogen-bond donors (Lipinski definition) is 1. The lowest BCUT2D eigenvalue weighted by Crippen LogP contribution is -2.27. The molecule has 3 aromatic rings. The highest BCUT2D eigenvalue weighted by Gasteiger charge is 2.18. The number of carboxylic acid groups (broad SMARTS) is 1. The van der Waals surface area contributed by atoms with E-state index in [0.29, 0.717) is 11.3 Å². The number of pyridine rings is 1. The average molecular weight is 491 g/mol. The topological polar surface area (TPSA) is 62.0 Å². The molecular formula is C31H42N2O3. The number of ketones is 1. The summed E-state index contributed by atoms with van der Waals surface area (Å²) in [7, 11) is 0. The third-order valence-corrected chi connectivity index (χ3v) is 6.95. The van der Waals surface area contributed by atoms with Crippen molar-refractivity contribution in [2.45, 2.75) is 78.6 Å². The third kappa shape index (κ3) is 7.30. The summed E-state index contributed by atoms with van der Waals surface area (Å²) in [5.74, 6) is -0.991. The summed E-state index contributed by atoms with van der Waals surface area (Å²) in [4.78, 5) is 27.5. The van der Waals surface area contributed by atoms with Gasteiger partial charge >= 0.3 is 5.97 Å². The number of carbonyl (C=O) groups is 2. The normalized spacial score (nSPS) is 11.4. The van der Waals surface area contributed by atoms with E-state index in [-0.39, 0.29) is 11.3 Å². The Morgan fingerprint density at radius 3 is 2.03 bits per heavy atom. The maximum absolute atomic E-state index is 13.4. The van der Waals surface area contributed by atoms with Gasteiger partial charge in [-0.05, 0) is 87.5 Å². The molecule has 0 spiro atoms. The Kier molecular flexibility index (Phi) is 10.7. The number of carbonyl (C=O) groups excluding carboxylic acids is 1. The number of benzene rings is 1. The zero-order valence-corrected chi connectivity index (χ0v) is 22.3. The van der Waals surface area contributed by atoms with Crippen LogP contribution < -0.4 is 0 Å². The molecule has 3 rings (SSSR count). The Morgan fingerprint density at radius 2 is 1.42 bits per heavy atom. The van der Waals surface area contributed by atoms with Crippen molar-refractivity contribution < 1.29 is 14.7 Å². The molecule has 0 radical (unpaired) electrons. The first-order chi connectivity index (χ1) is 17.5. The molecule has 0 saturated heterocycles. The van der Waals surface area contributed by atoms with Gasteiger partial charge < -0.3 is 14.4 Å². The number of nitrogens with zero attached hydrogens (tertiary/aromatic N) is 2. The maximum atomic E-state index is 13.4. The van der Waals surface area contributed by atoms with Crippen LogP contribution in [-0.4, -0.2) is 45.8 Å². The molecule has 5 nitrogen and oxygen atoms in total. The molecule has 5 heteroatoms. The predicted octanol–water partition coefficient (Wildman–Crippen LogP) is 7.05. The van der Waals surface area contributed by atoms with Gasteiger partial charge in [-0.3, -0.25) is 4.79 Å². The largest absolute Gasteiger partial charge is 0.478 e. The van der Waals surface area contributed by atoms with Crippen molar-refractivity contribution in [3.05, 3.63) is 76.6 Å². The molecule has 0 aliphatic heterocycles. The first kappa shape index (κ1) is 27.7. The zero-order chi connectivity index (χ0) is 25.9. The molecule has 2 aromatic heterocycles. The highest BCUT2D eigenvalue weighted by atomic mass is 16.4. The van der Waals surface area contributed by atoms with E-state index in [1.54, 1.807) is 18.3 Å². The Morgan fingerprint density at radius 1 is 0.778 bits per heavy atom. The highest BCUT2D eigenvalue weighted by Crippen LogP contribution is 2.23. The van der Waals surface area contributed by atoms with E-state index in [0.717, 1.165) is 49.7 Å². The van der Waals surface area contributed by atoms with Crippen molar-refractivity contribution in [2.24, 2.45) is 0 Å². The fraction of sp³-hybridized carbons (Fsp3) is 0.484. The second-order valence-electron chi connectivity index (χ2n) is 9.81. The molecule has 194 valence electrons. The van der Waals surface area contributed by atoms with Gasteiger partial charge in [-0.1, -0.05) is 64.3 Å². The smallest absolute Gasteiger partial charge is 0.335 e. The third-order valence-electron chi connectivity index (χ3n) is 6.95. The van der Waals surface area contributed by atoms with Crippen LogP contribution in [-0.2, 0) is 12.8 Å². The van der Waals surface area contributed by atoms with E-state index < -0.39 is 5.97 Å². The number of carboxylic acids is 1. The summed E-state index contributed by atoms with van der Waals surface area (Å²) < 4.78 is 1.84. The van der Waals surface area contributed by atoms with Crippen molar-refractivity contribution in [1.29, 1.82) is 0 Å². The Labute approximate surface area is 216 Å². The average Bonchev–Trinajstić information content (AvgIpc) is 3.26. The lowest BCUT2D eigenvalue weighted by Gasteiger charge is -2.21. The lowest BCUT2D eigenvalue weighted by molar-refractivity contribution is 0.0696. The van der Waals surface area contributed by atoms with Crippen molar-refractivity contribution in [3.63, 3.8) is 0 Å². The minimum absolute atomic E-state index is 0.0346. The number of aromatic nitrogens is 1. The van der Waals surface area contributed by atoms with E-state index in [9.17, 15) is 14.7 Å². The van der Waals surface area contributed by atoms with Crippen LogP contribution in [0.3, 0.4) is 0 Å². The Bertz CT molecular complexity index is 1120. The minimum Gasteiger partial charge on any atom is -0.478 e. The van der Waals surface area contributed by atoms with Crippen LogP contribution in [0, 0.1) is 0 Å². The standard InChI is InChI=1S/C31H42N2O3/c1-4-7-12-26-22-29(33-21-17-27(31(35)36)23-28(26)33)30(34)25-15-13-24(14-16-25)11-10-20-32(18-8-5-2)19-9-6-3/h13-17,21-23H,4-12,18-20H2,1-3H3,(H,35,36). The molecule has 1 aromatic carbocycles. The molecule has 1 N–H and O–H groups in total. The monoisotopic (exact) mass is 490 g/mol. The van der Waals surface area contributed by atoms with Gasteiger partial charge in [0.2, 0.25) is 5.78 Å². The molecule has 2 heterocycles. The number of aryl methyl sites for hydroxylation is 2. The van der Waals surface area contributed by atoms with Gasteiger partial charge in [0, 0.05) is 17.3 Å². The number of fused-ring (bicyclic) bond motifs is 1. The Hall–Kier alpha value is -2.92. The molecule has 0 unspecified atom stereocenters. The molecule has 0 fully saturated rings. The number of rotatable bonds is 16. The Balaban J connectivity index is 1.71. The molecule has 0 saturated carbocycles. The zero-order valence-electron chi connectivity index (χ0n) is 22.3. The summed E-state index contributed by atoms with van der Waals surface area (Å²) >= 11 is 0. The summed E-state index contributed by atoms with van der Waals surface area (Å²) in [6.07, 6.45) is 11.7. The maximum Gasteiger partial charge on any atom is 0.335 e. The first-order valence-corrected chi connectivity index (χ1v) is 13.7. The quantitative estimate of drug-likeness (QED) is 0.219. The van der Waals surface area contributed by atoms with Crippen LogP contribution in [0.25, 0.3) is 5.52 Å². The van der Waals surface area contributed by atoms with Gasteiger partial charge in [-0.15, -0.1) is 0 Å². The van der Waals surface area contributed by atoms with E-state index in [1.165, 1.54) is 44.3 Å². The number of unbranched alkanes of at least 4 members (excludes halogenated alkanes) is 3. The van der Waals surface area contributed by atoms with Crippen LogP contribution in [0.2, 0.25) is 0 Å². The van der Waals surface area contributed by atoms with E-state index >= 15 is 0 Å². The number of aromatic carboxylic acids is 1. The first-order valence-electron chi connectivity index (χ1n) is 13.7. The second-order valence-corrected chi connectivity index (χ2v) is 9.81. The molecule has 0 bridgehead atoms. The van der Waals surface area contributed by atoms with Crippen LogP contribution in [0.5, 0.6) is 0 Å². The van der Waals surface area contributed by atoms with Crippen LogP contribution >= 0.6 is 0 Å². The fourth-order valence-corrected chi connectivity index (χ4v) is 4.72. The highest BCUT2D eigenvalue weighted by molar-refractivity contribution is 6.09. The van der Waals surface area contributed by atoms with Gasteiger partial charge in [0.25, 0.3) is 0 Å². The van der Waals surface area contributed by atoms with Gasteiger partial charge in [-0.25, -0.2) is 4.79 Å². The van der Waals surface area contributed by atoms with Crippen molar-refractivity contribution in [1.82, 2.24) is 9.30 Å². The predicted molar refractivity (Wildman–Crippen MR) is 147 cm³/mol. The van der Waals surface area contributed by atoms with Crippen LogP contribution in [0.1, 0.15) is 103 Å². The summed E-state index contributed by atoms with van der Waals surface area (Å²) in [5.41, 5.74) is 4.57.